The van der Waals surface area contributed by atoms with Crippen LogP contribution in [0.25, 0.3) is 0 Å². The maximum atomic E-state index is 13.3. The van der Waals surface area contributed by atoms with Crippen LogP contribution >= 0.6 is 0 Å². The number of hydrogen-bond acceptors (Lipinski definition) is 5. The van der Waals surface area contributed by atoms with Crippen molar-refractivity contribution >= 4 is 5.91 Å². The second-order valence-corrected chi connectivity index (χ2v) is 5.58. The number of ether oxygens (including phenoxy) is 1. The predicted molar refractivity (Wildman–Crippen MR) is 79.3 cm³/mol. The van der Waals surface area contributed by atoms with E-state index in [1.807, 2.05) is 0 Å². The number of halogens is 1. The summed E-state index contributed by atoms with van der Waals surface area (Å²) >= 11 is 0. The van der Waals surface area contributed by atoms with E-state index in [9.17, 15) is 9.18 Å². The molecule has 2 aromatic rings. The molecule has 0 N–H and O–H groups in total. The normalized spacial score (nSPS) is 18.2. The van der Waals surface area contributed by atoms with E-state index in [2.05, 4.69) is 10.1 Å². The highest BCUT2D eigenvalue weighted by atomic mass is 19.1. The average Bonchev–Trinajstić information content (AvgIpc) is 3.03. The first-order valence-electron chi connectivity index (χ1n) is 7.53. The standard InChI is InChI=1S/C16H18FN3O3/c1-22-10-14-18-15(19-23-14)12-5-3-7-20(9-12)16(21)11-4-2-6-13(17)8-11/h2,4,6,8,12H,3,5,7,9-10H2,1H3. The molecule has 1 fully saturated rings. The van der Waals surface area contributed by atoms with Gasteiger partial charge in [0.2, 0.25) is 0 Å². The van der Waals surface area contributed by atoms with Crippen molar-refractivity contribution in [2.24, 2.45) is 0 Å². The van der Waals surface area contributed by atoms with Crippen molar-refractivity contribution in [3.05, 3.63) is 47.4 Å². The quantitative estimate of drug-likeness (QED) is 0.865. The lowest BCUT2D eigenvalue weighted by Crippen LogP contribution is -2.39. The van der Waals surface area contributed by atoms with Crippen LogP contribution in [0.4, 0.5) is 4.39 Å². The van der Waals surface area contributed by atoms with Crippen LogP contribution < -0.4 is 0 Å². The summed E-state index contributed by atoms with van der Waals surface area (Å²) in [5, 5.41) is 3.98. The van der Waals surface area contributed by atoms with Crippen LogP contribution in [0.3, 0.4) is 0 Å². The molecule has 0 radical (unpaired) electrons. The predicted octanol–water partition coefficient (Wildman–Crippen LogP) is 2.37. The number of aromatic nitrogens is 2. The van der Waals surface area contributed by atoms with Gasteiger partial charge in [-0.25, -0.2) is 4.39 Å². The number of amides is 1. The van der Waals surface area contributed by atoms with Gasteiger partial charge >= 0.3 is 0 Å². The van der Waals surface area contributed by atoms with E-state index in [-0.39, 0.29) is 18.4 Å². The fourth-order valence-corrected chi connectivity index (χ4v) is 2.79. The number of nitrogens with zero attached hydrogens (tertiary/aromatic N) is 3. The minimum Gasteiger partial charge on any atom is -0.375 e. The molecule has 6 nitrogen and oxygen atoms in total. The Hall–Kier alpha value is -2.28. The summed E-state index contributed by atoms with van der Waals surface area (Å²) < 4.78 is 23.4. The Morgan fingerprint density at radius 1 is 1.52 bits per heavy atom. The average molecular weight is 319 g/mol. The maximum Gasteiger partial charge on any atom is 0.253 e. The van der Waals surface area contributed by atoms with E-state index in [1.165, 1.54) is 12.1 Å². The van der Waals surface area contributed by atoms with Gasteiger partial charge in [-0.1, -0.05) is 11.2 Å². The monoisotopic (exact) mass is 319 g/mol. The van der Waals surface area contributed by atoms with E-state index in [4.69, 9.17) is 9.26 Å². The fraction of sp³-hybridized carbons (Fsp3) is 0.438. The van der Waals surface area contributed by atoms with Crippen LogP contribution in [0.15, 0.2) is 28.8 Å². The Bertz CT molecular complexity index is 689. The smallest absolute Gasteiger partial charge is 0.253 e. The summed E-state index contributed by atoms with van der Waals surface area (Å²) in [4.78, 5) is 18.5. The molecule has 2 heterocycles. The van der Waals surface area contributed by atoms with Gasteiger partial charge in [-0.3, -0.25) is 4.79 Å². The molecule has 7 heteroatoms. The molecule has 122 valence electrons. The number of rotatable bonds is 4. The lowest BCUT2D eigenvalue weighted by molar-refractivity contribution is 0.0703. The number of piperidine rings is 1. The Morgan fingerprint density at radius 3 is 3.17 bits per heavy atom. The van der Waals surface area contributed by atoms with Gasteiger partial charge in [-0.15, -0.1) is 0 Å². The molecule has 3 rings (SSSR count). The van der Waals surface area contributed by atoms with Gasteiger partial charge in [-0.05, 0) is 31.0 Å². The van der Waals surface area contributed by atoms with Gasteiger partial charge in [0.05, 0.1) is 0 Å². The van der Waals surface area contributed by atoms with Gasteiger partial charge in [0.25, 0.3) is 11.8 Å². The van der Waals surface area contributed by atoms with Crippen molar-refractivity contribution in [1.29, 1.82) is 0 Å². The Kier molecular flexibility index (Phi) is 4.66. The molecule has 1 aliphatic heterocycles. The van der Waals surface area contributed by atoms with Gasteiger partial charge in [0, 0.05) is 31.7 Å². The zero-order chi connectivity index (χ0) is 16.2. The van der Waals surface area contributed by atoms with Gasteiger partial charge in [0.1, 0.15) is 12.4 Å². The summed E-state index contributed by atoms with van der Waals surface area (Å²) in [5.41, 5.74) is 0.360. The highest BCUT2D eigenvalue weighted by Crippen LogP contribution is 2.26. The molecule has 1 aromatic carbocycles. The number of likely N-dealkylation sites (tertiary alicyclic amines) is 1. The van der Waals surface area contributed by atoms with Crippen molar-refractivity contribution in [3.8, 4) is 0 Å². The van der Waals surface area contributed by atoms with Crippen molar-refractivity contribution in [2.45, 2.75) is 25.4 Å². The van der Waals surface area contributed by atoms with Gasteiger partial charge < -0.3 is 14.2 Å². The van der Waals surface area contributed by atoms with Crippen molar-refractivity contribution in [2.75, 3.05) is 20.2 Å². The highest BCUT2D eigenvalue weighted by Gasteiger charge is 2.28. The highest BCUT2D eigenvalue weighted by molar-refractivity contribution is 5.94. The largest absolute Gasteiger partial charge is 0.375 e. The van der Waals surface area contributed by atoms with Crippen LogP contribution in [0, 0.1) is 5.82 Å². The number of methoxy groups -OCH3 is 1. The molecule has 1 aliphatic rings. The van der Waals surface area contributed by atoms with Crippen molar-refractivity contribution < 1.29 is 18.4 Å². The third-order valence-electron chi connectivity index (χ3n) is 3.90. The molecule has 0 aliphatic carbocycles. The molecule has 0 bridgehead atoms. The summed E-state index contributed by atoms with van der Waals surface area (Å²) in [6, 6.07) is 5.75. The lowest BCUT2D eigenvalue weighted by Gasteiger charge is -2.31. The van der Waals surface area contributed by atoms with E-state index in [1.54, 1.807) is 24.1 Å². The first-order valence-corrected chi connectivity index (χ1v) is 7.53. The number of carbonyl (C=O) groups is 1. The van der Waals surface area contributed by atoms with Crippen molar-refractivity contribution in [3.63, 3.8) is 0 Å². The van der Waals surface area contributed by atoms with Crippen LogP contribution in [0.2, 0.25) is 0 Å². The topological polar surface area (TPSA) is 68.5 Å². The van der Waals surface area contributed by atoms with Crippen LogP contribution in [0.1, 0.15) is 40.8 Å². The summed E-state index contributed by atoms with van der Waals surface area (Å²) in [5.74, 6) is 0.460. The molecule has 1 amide bonds. The van der Waals surface area contributed by atoms with E-state index >= 15 is 0 Å². The van der Waals surface area contributed by atoms with E-state index in [0.717, 1.165) is 12.8 Å². The van der Waals surface area contributed by atoms with Crippen molar-refractivity contribution in [1.82, 2.24) is 15.0 Å². The Labute approximate surface area is 133 Å². The van der Waals surface area contributed by atoms with Crippen LogP contribution in [-0.4, -0.2) is 41.1 Å². The molecule has 1 unspecified atom stereocenters. The summed E-state index contributed by atoms with van der Waals surface area (Å²) in [6.07, 6.45) is 1.73. The minimum atomic E-state index is -0.410. The Balaban J connectivity index is 1.71. The van der Waals surface area contributed by atoms with Crippen LogP contribution in [-0.2, 0) is 11.3 Å². The second kappa shape index (κ2) is 6.87. The second-order valence-electron chi connectivity index (χ2n) is 5.58. The van der Waals surface area contributed by atoms with Gasteiger partial charge in [-0.2, -0.15) is 4.98 Å². The molecule has 0 saturated carbocycles. The molecular formula is C16H18FN3O3. The van der Waals surface area contributed by atoms with E-state index < -0.39 is 5.82 Å². The third kappa shape index (κ3) is 3.56. The number of hydrogen-bond donors (Lipinski definition) is 0. The fourth-order valence-electron chi connectivity index (χ4n) is 2.79. The Morgan fingerprint density at radius 2 is 2.39 bits per heavy atom. The molecular weight excluding hydrogens is 301 g/mol. The number of carbonyl (C=O) groups excluding carboxylic acids is 1. The molecule has 23 heavy (non-hydrogen) atoms. The zero-order valence-electron chi connectivity index (χ0n) is 12.9. The molecule has 0 spiro atoms. The van der Waals surface area contributed by atoms with Gasteiger partial charge in [0.15, 0.2) is 5.82 Å². The molecule has 1 saturated heterocycles. The SMILES string of the molecule is COCc1nc(C2CCCN(C(=O)c3cccc(F)c3)C2)no1. The molecule has 1 atom stereocenters. The summed E-state index contributed by atoms with van der Waals surface area (Å²) in [6.45, 7) is 1.42. The lowest BCUT2D eigenvalue weighted by atomic mass is 9.96. The third-order valence-corrected chi connectivity index (χ3v) is 3.90. The first-order chi connectivity index (χ1) is 11.2. The molecule has 1 aromatic heterocycles. The maximum absolute atomic E-state index is 13.3. The van der Waals surface area contributed by atoms with Crippen LogP contribution in [0.5, 0.6) is 0 Å². The van der Waals surface area contributed by atoms with E-state index in [0.29, 0.717) is 30.4 Å². The summed E-state index contributed by atoms with van der Waals surface area (Å²) in [7, 11) is 1.56. The first kappa shape index (κ1) is 15.6. The number of benzene rings is 1. The minimum absolute atomic E-state index is 0.0237. The zero-order valence-corrected chi connectivity index (χ0v) is 12.9.